The van der Waals surface area contributed by atoms with Crippen LogP contribution in [0.5, 0.6) is 0 Å². The molecule has 0 bridgehead atoms. The normalized spacial score (nSPS) is 40.9. The smallest absolute Gasteiger partial charge is 0.347 e. The summed E-state index contributed by atoms with van der Waals surface area (Å²) in [5.41, 5.74) is 0.825. The van der Waals surface area contributed by atoms with Crippen LogP contribution in [0.2, 0.25) is 0 Å². The van der Waals surface area contributed by atoms with Crippen molar-refractivity contribution in [2.75, 3.05) is 6.61 Å². The maximum absolute atomic E-state index is 14.4. The van der Waals surface area contributed by atoms with Crippen LogP contribution in [0, 0.1) is 44.8 Å². The number of allylic oxidation sites excluding steroid dienone is 1. The number of ether oxygens (including phenoxy) is 2. The SMILES string of the molecule is CCCC(=O)OC[C@]12CC[C@]3(C(C)C)C1=C1[C@H](C[C@@H]4[C@@]5(C)CC[C@H](OC(=O)CCC)C(C)(C)[C@@H]5CC[C@@]4(C)[C@]1(C)CC2)n1c(=O)n(C)c(=O)n13. The molecule has 0 amide bonds. The van der Waals surface area contributed by atoms with E-state index in [0.29, 0.717) is 31.3 Å². The molecule has 1 aromatic heterocycles. The minimum atomic E-state index is -0.644. The average molecular weight is 694 g/mol. The number of aromatic nitrogens is 3. The van der Waals surface area contributed by atoms with Crippen LogP contribution in [0.15, 0.2) is 20.7 Å². The second-order valence-electron chi connectivity index (χ2n) is 19.1. The van der Waals surface area contributed by atoms with Gasteiger partial charge in [-0.05, 0) is 116 Å². The second kappa shape index (κ2) is 11.5. The van der Waals surface area contributed by atoms with Crippen LogP contribution in [0.4, 0.5) is 0 Å². The minimum Gasteiger partial charge on any atom is -0.465 e. The first-order valence-corrected chi connectivity index (χ1v) is 19.9. The number of hydrogen-bond donors (Lipinski definition) is 0. The zero-order valence-electron chi connectivity index (χ0n) is 32.6. The molecule has 9 heteroatoms. The van der Waals surface area contributed by atoms with E-state index in [1.165, 1.54) is 15.7 Å². The molecule has 1 aromatic rings. The number of carbonyl (C=O) groups excluding carboxylic acids is 2. The van der Waals surface area contributed by atoms with Gasteiger partial charge in [-0.15, -0.1) is 0 Å². The Bertz CT molecular complexity index is 1750. The fraction of sp³-hybridized carbons (Fsp3) is 0.854. The summed E-state index contributed by atoms with van der Waals surface area (Å²) in [6.07, 6.45) is 10.6. The van der Waals surface area contributed by atoms with Gasteiger partial charge >= 0.3 is 23.3 Å². The van der Waals surface area contributed by atoms with Crippen molar-refractivity contribution >= 4 is 11.9 Å². The molecular formula is C41H63N3O6. The number of rotatable bonds is 8. The van der Waals surface area contributed by atoms with Gasteiger partial charge in [0.05, 0.1) is 11.6 Å². The van der Waals surface area contributed by atoms with Crippen molar-refractivity contribution in [1.29, 1.82) is 0 Å². The first-order chi connectivity index (χ1) is 23.4. The topological polar surface area (TPSA) is 102 Å². The summed E-state index contributed by atoms with van der Waals surface area (Å²) in [6.45, 7) is 21.0. The number of nitrogens with zero attached hydrogens (tertiary/aromatic N) is 3. The maximum atomic E-state index is 14.4. The van der Waals surface area contributed by atoms with E-state index in [4.69, 9.17) is 9.47 Å². The van der Waals surface area contributed by atoms with Crippen molar-refractivity contribution < 1.29 is 19.1 Å². The van der Waals surface area contributed by atoms with E-state index >= 15 is 0 Å². The van der Waals surface area contributed by atoms with Gasteiger partial charge in [0.1, 0.15) is 12.7 Å². The maximum Gasteiger partial charge on any atom is 0.347 e. The van der Waals surface area contributed by atoms with Crippen molar-refractivity contribution in [2.45, 2.75) is 163 Å². The average Bonchev–Trinajstić information content (AvgIpc) is 3.51. The molecule has 0 spiro atoms. The van der Waals surface area contributed by atoms with Gasteiger partial charge in [0.25, 0.3) is 0 Å². The van der Waals surface area contributed by atoms with Crippen molar-refractivity contribution in [2.24, 2.45) is 51.9 Å². The lowest BCUT2D eigenvalue weighted by molar-refractivity contribution is -0.219. The standard InChI is InChI=1S/C41H63N3O6/c1-11-13-30(45)49-24-40-20-19-39(9)32-26(43-34(47)42(10)35(48)44(43)41(22-21-40,25(3)4)33(32)40)23-28-37(7)17-16-29(50-31(46)14-12-2)36(5,6)27(37)15-18-38(28,39)8/h25-29H,11-24H2,1-10H3/t26-,27-,28+,29-,37-,38+,39+,40-,41-/m0/s1. The molecule has 5 aliphatic carbocycles. The Morgan fingerprint density at radius 2 is 1.50 bits per heavy atom. The zero-order chi connectivity index (χ0) is 36.4. The first-order valence-electron chi connectivity index (χ1n) is 19.9. The molecule has 9 nitrogen and oxygen atoms in total. The van der Waals surface area contributed by atoms with Gasteiger partial charge in [0.2, 0.25) is 0 Å². The Hall–Kier alpha value is -2.58. The molecule has 2 heterocycles. The largest absolute Gasteiger partial charge is 0.465 e. The Labute approximate surface area is 298 Å². The van der Waals surface area contributed by atoms with Gasteiger partial charge in [0.15, 0.2) is 0 Å². The third-order valence-electron chi connectivity index (χ3n) is 16.4. The van der Waals surface area contributed by atoms with Crippen molar-refractivity contribution in [3.05, 3.63) is 32.1 Å². The Morgan fingerprint density at radius 3 is 2.16 bits per heavy atom. The van der Waals surface area contributed by atoms with Crippen LogP contribution in [0.3, 0.4) is 0 Å². The van der Waals surface area contributed by atoms with E-state index in [1.54, 1.807) is 7.05 Å². The van der Waals surface area contributed by atoms with E-state index in [2.05, 4.69) is 48.5 Å². The molecule has 0 radical (unpaired) electrons. The highest BCUT2D eigenvalue weighted by Gasteiger charge is 2.73. The molecule has 4 saturated carbocycles. The lowest BCUT2D eigenvalue weighted by Crippen LogP contribution is -2.67. The Morgan fingerprint density at radius 1 is 0.840 bits per heavy atom. The highest BCUT2D eigenvalue weighted by atomic mass is 16.5. The van der Waals surface area contributed by atoms with Crippen LogP contribution in [0.1, 0.15) is 152 Å². The molecule has 278 valence electrons. The lowest BCUT2D eigenvalue weighted by Gasteiger charge is -2.72. The number of fused-ring (bicyclic) bond motifs is 7. The molecule has 4 fully saturated rings. The molecule has 0 unspecified atom stereocenters. The fourth-order valence-corrected chi connectivity index (χ4v) is 13.8. The predicted molar refractivity (Wildman–Crippen MR) is 193 cm³/mol. The quantitative estimate of drug-likeness (QED) is 0.207. The van der Waals surface area contributed by atoms with Crippen molar-refractivity contribution in [3.8, 4) is 0 Å². The third-order valence-corrected chi connectivity index (χ3v) is 16.4. The highest BCUT2D eigenvalue weighted by molar-refractivity contribution is 5.70. The fourth-order valence-electron chi connectivity index (χ4n) is 13.8. The van der Waals surface area contributed by atoms with E-state index in [9.17, 15) is 19.2 Å². The van der Waals surface area contributed by atoms with Crippen LogP contribution in [0.25, 0.3) is 0 Å². The summed E-state index contributed by atoms with van der Waals surface area (Å²) < 4.78 is 17.5. The van der Waals surface area contributed by atoms with Crippen molar-refractivity contribution in [3.63, 3.8) is 0 Å². The van der Waals surface area contributed by atoms with Gasteiger partial charge in [-0.2, -0.15) is 0 Å². The first kappa shape index (κ1) is 35.8. The molecule has 6 aliphatic rings. The number of esters is 2. The Balaban J connectivity index is 1.42. The highest BCUT2D eigenvalue weighted by Crippen LogP contribution is 2.79. The Kier molecular flexibility index (Phi) is 8.21. The van der Waals surface area contributed by atoms with Gasteiger partial charge in [-0.3, -0.25) is 9.59 Å². The molecule has 0 saturated heterocycles. The third kappa shape index (κ3) is 4.30. The molecular weight excluding hydrogens is 630 g/mol. The number of hydrogen-bond acceptors (Lipinski definition) is 6. The molecule has 9 atom stereocenters. The van der Waals surface area contributed by atoms with Gasteiger partial charge in [0, 0.05) is 30.7 Å². The molecule has 1 aliphatic heterocycles. The molecule has 0 N–H and O–H groups in total. The van der Waals surface area contributed by atoms with Gasteiger partial charge < -0.3 is 9.47 Å². The minimum absolute atomic E-state index is 0.0284. The van der Waals surface area contributed by atoms with E-state index in [1.807, 2.05) is 23.2 Å². The lowest BCUT2D eigenvalue weighted by atomic mass is 9.33. The van der Waals surface area contributed by atoms with Crippen LogP contribution >= 0.6 is 0 Å². The van der Waals surface area contributed by atoms with Crippen LogP contribution in [-0.4, -0.2) is 38.6 Å². The molecule has 7 rings (SSSR count). The van der Waals surface area contributed by atoms with Crippen LogP contribution < -0.4 is 11.4 Å². The predicted octanol–water partition coefficient (Wildman–Crippen LogP) is 7.45. The van der Waals surface area contributed by atoms with Gasteiger partial charge in [-0.25, -0.2) is 23.5 Å². The molecule has 50 heavy (non-hydrogen) atoms. The van der Waals surface area contributed by atoms with E-state index < -0.39 is 5.54 Å². The summed E-state index contributed by atoms with van der Waals surface area (Å²) >= 11 is 0. The summed E-state index contributed by atoms with van der Waals surface area (Å²) in [7, 11) is 1.64. The molecule has 0 aromatic carbocycles. The summed E-state index contributed by atoms with van der Waals surface area (Å²) in [5, 5.41) is 0. The van der Waals surface area contributed by atoms with E-state index in [0.717, 1.165) is 70.6 Å². The van der Waals surface area contributed by atoms with Gasteiger partial charge in [-0.1, -0.05) is 62.3 Å². The summed E-state index contributed by atoms with van der Waals surface area (Å²) in [6, 6.07) is -0.232. The monoisotopic (exact) mass is 693 g/mol. The summed E-state index contributed by atoms with van der Waals surface area (Å²) in [5.74, 6) is 0.496. The second-order valence-corrected chi connectivity index (χ2v) is 19.1. The zero-order valence-corrected chi connectivity index (χ0v) is 32.6. The van der Waals surface area contributed by atoms with Crippen LogP contribution in [-0.2, 0) is 31.6 Å². The number of carbonyl (C=O) groups is 2. The van der Waals surface area contributed by atoms with Crippen molar-refractivity contribution in [1.82, 2.24) is 13.9 Å². The summed E-state index contributed by atoms with van der Waals surface area (Å²) in [4.78, 5) is 54.4. The van der Waals surface area contributed by atoms with E-state index in [-0.39, 0.29) is 68.5 Å².